The number of hydrogen-bond acceptors (Lipinski definition) is 4. The van der Waals surface area contributed by atoms with E-state index in [0.29, 0.717) is 27.1 Å². The Balaban J connectivity index is 1.44. The minimum atomic E-state index is -0.563. The fourth-order valence-corrected chi connectivity index (χ4v) is 4.81. The van der Waals surface area contributed by atoms with E-state index in [9.17, 15) is 14.7 Å². The van der Waals surface area contributed by atoms with Crippen LogP contribution >= 0.6 is 11.6 Å². The molecule has 0 aliphatic heterocycles. The third-order valence-electron chi connectivity index (χ3n) is 6.14. The number of aromatic hydroxyl groups is 1. The highest BCUT2D eigenvalue weighted by Crippen LogP contribution is 2.37. The minimum Gasteiger partial charge on any atom is -0.508 e. The van der Waals surface area contributed by atoms with Gasteiger partial charge in [-0.25, -0.2) is 4.79 Å². The maximum atomic E-state index is 12.9. The van der Waals surface area contributed by atoms with Crippen molar-refractivity contribution in [3.63, 3.8) is 0 Å². The van der Waals surface area contributed by atoms with Gasteiger partial charge in [-0.2, -0.15) is 0 Å². The molecule has 6 nitrogen and oxygen atoms in total. The molecule has 0 radical (unpaired) electrons. The molecular weight excluding hydrogens is 416 g/mol. The molecule has 7 heteroatoms. The van der Waals surface area contributed by atoms with E-state index in [2.05, 4.69) is 10.3 Å². The Morgan fingerprint density at radius 3 is 2.97 bits per heavy atom. The minimum absolute atomic E-state index is 0.0204. The molecule has 1 aliphatic rings. The maximum Gasteiger partial charge on any atom is 0.340 e. The zero-order valence-corrected chi connectivity index (χ0v) is 17.7. The number of carbonyl (C=O) groups is 1. The number of phenolic OH excluding ortho intramolecular Hbond substituents is 1. The lowest BCUT2D eigenvalue weighted by Gasteiger charge is -2.24. The van der Waals surface area contributed by atoms with E-state index >= 15 is 0 Å². The number of fused-ring (bicyclic) bond motifs is 4. The van der Waals surface area contributed by atoms with Gasteiger partial charge >= 0.3 is 5.63 Å². The molecule has 0 bridgehead atoms. The van der Waals surface area contributed by atoms with E-state index in [-0.39, 0.29) is 24.1 Å². The number of para-hydroxylation sites is 1. The number of benzene rings is 2. The second-order valence-electron chi connectivity index (χ2n) is 8.04. The van der Waals surface area contributed by atoms with E-state index in [1.807, 2.05) is 18.2 Å². The number of nitrogens with one attached hydrogen (secondary N) is 2. The summed E-state index contributed by atoms with van der Waals surface area (Å²) in [6.45, 7) is 1.79. The average molecular weight is 437 g/mol. The SMILES string of the molecule is Cc1c(CC(=O)NC2CCCc3c2[nH]c2c(Cl)cccc32)c(=O)oc2cc(O)ccc12. The molecule has 2 aromatic heterocycles. The van der Waals surface area contributed by atoms with Crippen LogP contribution in [0, 0.1) is 6.92 Å². The first kappa shape index (κ1) is 19.7. The summed E-state index contributed by atoms with van der Waals surface area (Å²) >= 11 is 6.35. The van der Waals surface area contributed by atoms with Crippen molar-refractivity contribution >= 4 is 39.4 Å². The van der Waals surface area contributed by atoms with Crippen LogP contribution in [0.2, 0.25) is 5.02 Å². The number of phenols is 1. The Morgan fingerprint density at radius 2 is 2.13 bits per heavy atom. The van der Waals surface area contributed by atoms with Crippen LogP contribution in [-0.2, 0) is 17.6 Å². The Morgan fingerprint density at radius 1 is 1.29 bits per heavy atom. The summed E-state index contributed by atoms with van der Waals surface area (Å²) in [4.78, 5) is 28.8. The summed E-state index contributed by atoms with van der Waals surface area (Å²) in [7, 11) is 0. The fourth-order valence-electron chi connectivity index (χ4n) is 4.59. The molecule has 158 valence electrons. The highest BCUT2D eigenvalue weighted by Gasteiger charge is 2.27. The van der Waals surface area contributed by atoms with Crippen LogP contribution < -0.4 is 10.9 Å². The summed E-state index contributed by atoms with van der Waals surface area (Å²) in [6, 6.07) is 10.3. The van der Waals surface area contributed by atoms with Gasteiger partial charge in [-0.15, -0.1) is 0 Å². The molecule has 2 heterocycles. The third-order valence-corrected chi connectivity index (χ3v) is 6.45. The number of halogens is 1. The van der Waals surface area contributed by atoms with Gasteiger partial charge in [0.2, 0.25) is 5.91 Å². The number of aromatic amines is 1. The number of aromatic nitrogens is 1. The van der Waals surface area contributed by atoms with Crippen molar-refractivity contribution in [1.29, 1.82) is 0 Å². The Labute approximate surface area is 182 Å². The molecule has 0 saturated heterocycles. The highest BCUT2D eigenvalue weighted by atomic mass is 35.5. The van der Waals surface area contributed by atoms with Crippen molar-refractivity contribution in [3.8, 4) is 5.75 Å². The van der Waals surface area contributed by atoms with Crippen LogP contribution in [0.15, 0.2) is 45.6 Å². The molecule has 4 aromatic rings. The quantitative estimate of drug-likeness (QED) is 0.406. The highest BCUT2D eigenvalue weighted by molar-refractivity contribution is 6.35. The van der Waals surface area contributed by atoms with Crippen LogP contribution in [-0.4, -0.2) is 16.0 Å². The number of aryl methyl sites for hydroxylation is 2. The van der Waals surface area contributed by atoms with E-state index in [0.717, 1.165) is 35.9 Å². The van der Waals surface area contributed by atoms with Crippen LogP contribution in [0.5, 0.6) is 5.75 Å². The predicted octanol–water partition coefficient (Wildman–Crippen LogP) is 4.68. The van der Waals surface area contributed by atoms with Gasteiger partial charge in [0.1, 0.15) is 11.3 Å². The van der Waals surface area contributed by atoms with Gasteiger partial charge < -0.3 is 19.8 Å². The molecule has 5 rings (SSSR count). The van der Waals surface area contributed by atoms with Crippen LogP contribution in [0.4, 0.5) is 0 Å². The van der Waals surface area contributed by atoms with Gasteiger partial charge in [0.05, 0.1) is 28.6 Å². The summed E-state index contributed by atoms with van der Waals surface area (Å²) in [5.74, 6) is -0.219. The first-order chi connectivity index (χ1) is 14.9. The third kappa shape index (κ3) is 3.37. The lowest BCUT2D eigenvalue weighted by atomic mass is 9.91. The van der Waals surface area contributed by atoms with Crippen molar-refractivity contribution in [1.82, 2.24) is 10.3 Å². The molecule has 1 amide bonds. The molecule has 1 atom stereocenters. The van der Waals surface area contributed by atoms with Crippen molar-refractivity contribution in [2.24, 2.45) is 0 Å². The van der Waals surface area contributed by atoms with E-state index in [1.54, 1.807) is 13.0 Å². The molecular formula is C24H21ClN2O4. The lowest BCUT2D eigenvalue weighted by Crippen LogP contribution is -2.33. The van der Waals surface area contributed by atoms with Crippen LogP contribution in [0.3, 0.4) is 0 Å². The topological polar surface area (TPSA) is 95.3 Å². The Bertz CT molecular complexity index is 1400. The second-order valence-corrected chi connectivity index (χ2v) is 8.45. The van der Waals surface area contributed by atoms with Crippen LogP contribution in [0.1, 0.15) is 41.3 Å². The first-order valence-corrected chi connectivity index (χ1v) is 10.6. The van der Waals surface area contributed by atoms with Gasteiger partial charge in [0.15, 0.2) is 0 Å². The molecule has 2 aromatic carbocycles. The van der Waals surface area contributed by atoms with Crippen molar-refractivity contribution in [2.75, 3.05) is 0 Å². The molecule has 0 saturated carbocycles. The summed E-state index contributed by atoms with van der Waals surface area (Å²) in [5.41, 5.74) is 3.82. The van der Waals surface area contributed by atoms with Gasteiger partial charge in [-0.3, -0.25) is 4.79 Å². The van der Waals surface area contributed by atoms with E-state index < -0.39 is 5.63 Å². The fraction of sp³-hybridized carbons (Fsp3) is 0.250. The van der Waals surface area contributed by atoms with Crippen molar-refractivity contribution < 1.29 is 14.3 Å². The van der Waals surface area contributed by atoms with E-state index in [4.69, 9.17) is 16.0 Å². The van der Waals surface area contributed by atoms with Crippen LogP contribution in [0.25, 0.3) is 21.9 Å². The first-order valence-electron chi connectivity index (χ1n) is 10.3. The average Bonchev–Trinajstić information content (AvgIpc) is 3.12. The van der Waals surface area contributed by atoms with Gasteiger partial charge in [0.25, 0.3) is 0 Å². The summed E-state index contributed by atoms with van der Waals surface area (Å²) < 4.78 is 5.34. The molecule has 3 N–H and O–H groups in total. The lowest BCUT2D eigenvalue weighted by molar-refractivity contribution is -0.121. The molecule has 0 spiro atoms. The van der Waals surface area contributed by atoms with E-state index in [1.165, 1.54) is 17.7 Å². The summed E-state index contributed by atoms with van der Waals surface area (Å²) in [6.07, 6.45) is 2.63. The zero-order chi connectivity index (χ0) is 21.7. The molecule has 1 aliphatic carbocycles. The Kier molecular flexibility index (Phi) is 4.74. The van der Waals surface area contributed by atoms with Gasteiger partial charge in [0, 0.05) is 22.5 Å². The number of carbonyl (C=O) groups excluding carboxylic acids is 1. The monoisotopic (exact) mass is 436 g/mol. The molecule has 0 fully saturated rings. The van der Waals surface area contributed by atoms with Crippen molar-refractivity contribution in [3.05, 3.63) is 74.2 Å². The second kappa shape index (κ2) is 7.46. The number of H-pyrrole nitrogens is 1. The number of amides is 1. The maximum absolute atomic E-state index is 12.9. The smallest absolute Gasteiger partial charge is 0.340 e. The number of rotatable bonds is 3. The predicted molar refractivity (Wildman–Crippen MR) is 120 cm³/mol. The summed E-state index contributed by atoms with van der Waals surface area (Å²) in [5, 5.41) is 15.2. The Hall–Kier alpha value is -3.25. The van der Waals surface area contributed by atoms with Gasteiger partial charge in [-0.1, -0.05) is 23.7 Å². The molecule has 1 unspecified atom stereocenters. The number of hydrogen-bond donors (Lipinski definition) is 3. The zero-order valence-electron chi connectivity index (χ0n) is 16.9. The molecule has 31 heavy (non-hydrogen) atoms. The van der Waals surface area contributed by atoms with Crippen molar-refractivity contribution in [2.45, 2.75) is 38.6 Å². The standard InChI is InChI=1S/C24H21ClN2O4/c1-12-14-9-8-13(28)10-20(14)31-24(30)17(12)11-21(29)26-19-7-3-5-16-15-4-2-6-18(25)22(15)27-23(16)19/h2,4,6,8-10,19,27-28H,3,5,7,11H2,1H3,(H,26,29). The van der Waals surface area contributed by atoms with Gasteiger partial charge in [-0.05, 0) is 55.5 Å². The normalized spacial score (nSPS) is 15.9. The largest absolute Gasteiger partial charge is 0.508 e.